The fourth-order valence-corrected chi connectivity index (χ4v) is 6.56. The Balaban J connectivity index is 1.21. The quantitative estimate of drug-likeness (QED) is 0.266. The lowest BCUT2D eigenvalue weighted by Gasteiger charge is -2.31. The summed E-state index contributed by atoms with van der Waals surface area (Å²) in [7, 11) is 0. The van der Waals surface area contributed by atoms with Crippen LogP contribution in [0.4, 0.5) is 0 Å². The number of nitrogens with zero attached hydrogens (tertiary/aromatic N) is 6. The molecule has 2 aromatic heterocycles. The van der Waals surface area contributed by atoms with Crippen LogP contribution in [0, 0.1) is 11.3 Å². The van der Waals surface area contributed by atoms with Crippen LogP contribution in [-0.2, 0) is 22.3 Å². The molecule has 224 valence electrons. The van der Waals surface area contributed by atoms with E-state index in [0.717, 1.165) is 106 Å². The van der Waals surface area contributed by atoms with Gasteiger partial charge in [0.15, 0.2) is 0 Å². The Morgan fingerprint density at radius 1 is 1.05 bits per heavy atom. The highest BCUT2D eigenvalue weighted by Crippen LogP contribution is 2.31. The molecule has 43 heavy (non-hydrogen) atoms. The number of ether oxygens (including phenoxy) is 2. The second kappa shape index (κ2) is 13.6. The molecule has 2 aromatic carbocycles. The molecule has 2 aliphatic rings. The molecule has 1 saturated heterocycles. The van der Waals surface area contributed by atoms with Crippen LogP contribution in [0.25, 0.3) is 16.9 Å². The molecule has 1 aliphatic carbocycles. The van der Waals surface area contributed by atoms with Gasteiger partial charge in [-0.05, 0) is 54.9 Å². The number of hydrogen-bond donors (Lipinski definition) is 0. The summed E-state index contributed by atoms with van der Waals surface area (Å²) >= 11 is 0. The minimum Gasteiger partial charge on any atom is -0.379 e. The Hall–Kier alpha value is -3.84. The molecule has 6 rings (SSSR count). The lowest BCUT2D eigenvalue weighted by molar-refractivity contribution is -0.0125. The maximum atomic E-state index is 14.3. The molecule has 1 saturated carbocycles. The first-order valence-electron chi connectivity index (χ1n) is 15.6. The van der Waals surface area contributed by atoms with E-state index in [1.807, 2.05) is 45.5 Å². The van der Waals surface area contributed by atoms with E-state index in [1.165, 1.54) is 0 Å². The molecule has 9 heteroatoms. The summed E-state index contributed by atoms with van der Waals surface area (Å²) in [5, 5.41) is 14.1. The predicted molar refractivity (Wildman–Crippen MR) is 165 cm³/mol. The summed E-state index contributed by atoms with van der Waals surface area (Å²) in [6, 6.07) is 18.2. The van der Waals surface area contributed by atoms with Gasteiger partial charge in [0.25, 0.3) is 5.56 Å². The highest BCUT2D eigenvalue weighted by molar-refractivity contribution is 5.70. The second-order valence-corrected chi connectivity index (χ2v) is 11.6. The minimum absolute atomic E-state index is 0.0412. The number of aromatic nitrogens is 4. The Bertz CT molecular complexity index is 1620. The number of hydrogen-bond acceptors (Lipinski definition) is 7. The maximum absolute atomic E-state index is 14.3. The third kappa shape index (κ3) is 6.42. The summed E-state index contributed by atoms with van der Waals surface area (Å²) in [5.74, 6) is 0.636. The molecule has 2 fully saturated rings. The van der Waals surface area contributed by atoms with E-state index in [9.17, 15) is 10.1 Å². The Labute approximate surface area is 252 Å². The van der Waals surface area contributed by atoms with E-state index in [-0.39, 0.29) is 17.7 Å². The van der Waals surface area contributed by atoms with Gasteiger partial charge in [-0.2, -0.15) is 15.3 Å². The number of aryl methyl sites for hydroxylation is 1. The summed E-state index contributed by atoms with van der Waals surface area (Å²) < 4.78 is 15.5. The number of benzene rings is 2. The van der Waals surface area contributed by atoms with Gasteiger partial charge in [0.2, 0.25) is 5.78 Å². The second-order valence-electron chi connectivity index (χ2n) is 11.6. The van der Waals surface area contributed by atoms with Gasteiger partial charge in [0.1, 0.15) is 6.33 Å². The van der Waals surface area contributed by atoms with E-state index >= 15 is 0 Å². The molecule has 0 N–H and O–H groups in total. The van der Waals surface area contributed by atoms with Crippen LogP contribution in [-0.4, -0.2) is 69.6 Å². The van der Waals surface area contributed by atoms with Crippen LogP contribution in [0.2, 0.25) is 0 Å². The van der Waals surface area contributed by atoms with Crippen molar-refractivity contribution in [1.29, 1.82) is 5.26 Å². The molecule has 0 bridgehead atoms. The molecule has 4 aromatic rings. The fourth-order valence-electron chi connectivity index (χ4n) is 6.56. The highest BCUT2D eigenvalue weighted by atomic mass is 16.5. The molecular weight excluding hydrogens is 540 g/mol. The lowest BCUT2D eigenvalue weighted by Crippen LogP contribution is -2.39. The van der Waals surface area contributed by atoms with E-state index in [1.54, 1.807) is 6.33 Å². The predicted octanol–water partition coefficient (Wildman–Crippen LogP) is 4.81. The van der Waals surface area contributed by atoms with Gasteiger partial charge in [-0.1, -0.05) is 55.8 Å². The maximum Gasteiger partial charge on any atom is 0.259 e. The summed E-state index contributed by atoms with van der Waals surface area (Å²) in [6.45, 7) is 7.36. The molecule has 0 amide bonds. The summed E-state index contributed by atoms with van der Waals surface area (Å²) in [4.78, 5) is 21.2. The monoisotopic (exact) mass is 580 g/mol. The van der Waals surface area contributed by atoms with E-state index in [4.69, 9.17) is 9.47 Å². The van der Waals surface area contributed by atoms with Crippen LogP contribution in [0.5, 0.6) is 0 Å². The molecule has 0 atom stereocenters. The van der Waals surface area contributed by atoms with Crippen molar-refractivity contribution >= 4 is 5.78 Å². The molecule has 0 spiro atoms. The number of morpholine rings is 1. The van der Waals surface area contributed by atoms with Gasteiger partial charge in [-0.3, -0.25) is 14.3 Å². The van der Waals surface area contributed by atoms with E-state index in [2.05, 4.69) is 40.1 Å². The summed E-state index contributed by atoms with van der Waals surface area (Å²) in [5.41, 5.74) is 5.37. The smallest absolute Gasteiger partial charge is 0.259 e. The van der Waals surface area contributed by atoms with E-state index in [0.29, 0.717) is 17.8 Å². The molecule has 0 radical (unpaired) electrons. The third-order valence-electron chi connectivity index (χ3n) is 8.88. The van der Waals surface area contributed by atoms with Crippen LogP contribution >= 0.6 is 0 Å². The fraction of sp³-hybridized carbons (Fsp3) is 0.471. The van der Waals surface area contributed by atoms with Crippen molar-refractivity contribution in [3.8, 4) is 17.2 Å². The van der Waals surface area contributed by atoms with Gasteiger partial charge < -0.3 is 9.47 Å². The van der Waals surface area contributed by atoms with Crippen LogP contribution in [0.1, 0.15) is 67.5 Å². The summed E-state index contributed by atoms with van der Waals surface area (Å²) in [6.07, 6.45) is 7.58. The topological polar surface area (TPSA) is 97.7 Å². The van der Waals surface area contributed by atoms with Crippen molar-refractivity contribution in [2.24, 2.45) is 0 Å². The first-order chi connectivity index (χ1) is 21.2. The van der Waals surface area contributed by atoms with Crippen molar-refractivity contribution in [2.75, 3.05) is 39.5 Å². The molecule has 1 aliphatic heterocycles. The van der Waals surface area contributed by atoms with Gasteiger partial charge in [0, 0.05) is 37.7 Å². The van der Waals surface area contributed by atoms with Crippen molar-refractivity contribution < 1.29 is 9.47 Å². The lowest BCUT2D eigenvalue weighted by atomic mass is 9.92. The average Bonchev–Trinajstić information content (AvgIpc) is 3.54. The minimum atomic E-state index is 0.0412. The largest absolute Gasteiger partial charge is 0.379 e. The molecule has 3 heterocycles. The van der Waals surface area contributed by atoms with Gasteiger partial charge >= 0.3 is 0 Å². The van der Waals surface area contributed by atoms with Crippen molar-refractivity contribution in [2.45, 2.75) is 64.0 Å². The first-order valence-corrected chi connectivity index (χ1v) is 15.6. The zero-order valence-corrected chi connectivity index (χ0v) is 25.0. The average molecular weight is 581 g/mol. The molecule has 9 nitrogen and oxygen atoms in total. The number of nitriles is 1. The Kier molecular flexibility index (Phi) is 9.27. The zero-order valence-electron chi connectivity index (χ0n) is 25.0. The number of rotatable bonds is 10. The SMILES string of the molecule is CCCc1c(Cc2ccc(-c3ccccc3C#N)cc2)c(=O)n(C2CCC(OCCN3CCOCC3)CC2)c2ncnn12. The van der Waals surface area contributed by atoms with E-state index < -0.39 is 0 Å². The first kappa shape index (κ1) is 29.2. The van der Waals surface area contributed by atoms with Crippen molar-refractivity contribution in [1.82, 2.24) is 24.1 Å². The van der Waals surface area contributed by atoms with Crippen LogP contribution in [0.3, 0.4) is 0 Å². The van der Waals surface area contributed by atoms with Gasteiger partial charge in [-0.15, -0.1) is 0 Å². The van der Waals surface area contributed by atoms with Crippen LogP contribution < -0.4 is 5.56 Å². The Morgan fingerprint density at radius 2 is 1.81 bits per heavy atom. The van der Waals surface area contributed by atoms with Gasteiger partial charge in [-0.25, -0.2) is 4.52 Å². The standard InChI is InChI=1S/C34H40N6O3/c1-2-5-32-31(22-25-8-10-26(11-9-25)30-7-4-3-6-27(30)23-35)33(41)39(34-36-24-37-40(32)34)28-12-14-29(15-13-28)43-21-18-38-16-19-42-20-17-38/h3-4,6-11,24,28-29H,2,5,12-22H2,1H3. The molecular formula is C34H40N6O3. The molecule has 0 unspecified atom stereocenters. The van der Waals surface area contributed by atoms with Gasteiger partial charge in [0.05, 0.1) is 43.3 Å². The highest BCUT2D eigenvalue weighted by Gasteiger charge is 2.28. The van der Waals surface area contributed by atoms with Crippen LogP contribution in [0.15, 0.2) is 59.7 Å². The zero-order chi connectivity index (χ0) is 29.6. The van der Waals surface area contributed by atoms with Crippen molar-refractivity contribution in [3.63, 3.8) is 0 Å². The third-order valence-corrected chi connectivity index (χ3v) is 8.88. The number of fused-ring (bicyclic) bond motifs is 1. The Morgan fingerprint density at radius 3 is 2.56 bits per heavy atom. The van der Waals surface area contributed by atoms with Crippen molar-refractivity contribution in [3.05, 3.63) is 87.6 Å². The normalized spacial score (nSPS) is 19.4.